The molecule has 18 heavy (non-hydrogen) atoms. The summed E-state index contributed by atoms with van der Waals surface area (Å²) >= 11 is 5.41. The molecule has 0 spiro atoms. The maximum absolute atomic E-state index is 9.15. The zero-order chi connectivity index (χ0) is 13.0. The lowest BCUT2D eigenvalue weighted by molar-refractivity contribution is -0.0553. The predicted molar refractivity (Wildman–Crippen MR) is 75.7 cm³/mol. The van der Waals surface area contributed by atoms with Crippen LogP contribution in [0.3, 0.4) is 0 Å². The van der Waals surface area contributed by atoms with Crippen LogP contribution in [0.25, 0.3) is 0 Å². The van der Waals surface area contributed by atoms with Gasteiger partial charge in [-0.1, -0.05) is 18.2 Å². The van der Waals surface area contributed by atoms with Gasteiger partial charge in [-0.3, -0.25) is 0 Å². The van der Waals surface area contributed by atoms with Crippen molar-refractivity contribution in [2.24, 2.45) is 0 Å². The summed E-state index contributed by atoms with van der Waals surface area (Å²) in [7, 11) is 0. The van der Waals surface area contributed by atoms with Crippen LogP contribution in [-0.4, -0.2) is 47.0 Å². The number of nitrogens with zero attached hydrogens (tertiary/aromatic N) is 1. The molecule has 2 N–H and O–H groups in total. The lowest BCUT2D eigenvalue weighted by Gasteiger charge is -2.39. The van der Waals surface area contributed by atoms with Crippen molar-refractivity contribution in [3.63, 3.8) is 0 Å². The summed E-state index contributed by atoms with van der Waals surface area (Å²) in [6.07, 6.45) is -0.156. The second-order valence-electron chi connectivity index (χ2n) is 4.44. The number of ether oxygens (including phenoxy) is 1. The first-order chi connectivity index (χ1) is 8.70. The van der Waals surface area contributed by atoms with E-state index in [-0.39, 0.29) is 18.8 Å². The Balaban J connectivity index is 1.99. The maximum Gasteiger partial charge on any atom is 0.173 e. The highest BCUT2D eigenvalue weighted by Gasteiger charge is 2.27. The summed E-state index contributed by atoms with van der Waals surface area (Å²) < 4.78 is 5.49. The molecule has 98 valence electrons. The summed E-state index contributed by atoms with van der Waals surface area (Å²) in [6, 6.07) is 10.1. The minimum Gasteiger partial charge on any atom is -0.394 e. The van der Waals surface area contributed by atoms with Crippen molar-refractivity contribution in [1.82, 2.24) is 4.90 Å². The lowest BCUT2D eigenvalue weighted by atomic mass is 10.2. The molecule has 1 aliphatic heterocycles. The Bertz CT molecular complexity index is 399. The van der Waals surface area contributed by atoms with Crippen LogP contribution >= 0.6 is 12.2 Å². The van der Waals surface area contributed by atoms with Crippen molar-refractivity contribution >= 4 is 23.0 Å². The van der Waals surface area contributed by atoms with Crippen LogP contribution in [0.15, 0.2) is 30.3 Å². The average Bonchev–Trinajstić information content (AvgIpc) is 2.40. The molecule has 2 rings (SSSR count). The minimum absolute atomic E-state index is 0.0250. The molecular weight excluding hydrogens is 248 g/mol. The highest BCUT2D eigenvalue weighted by Crippen LogP contribution is 2.14. The zero-order valence-corrected chi connectivity index (χ0v) is 11.2. The molecule has 1 aromatic rings. The number of aliphatic hydroxyl groups is 1. The van der Waals surface area contributed by atoms with Crippen molar-refractivity contribution in [2.45, 2.75) is 19.1 Å². The van der Waals surface area contributed by atoms with Crippen LogP contribution in [0, 0.1) is 0 Å². The van der Waals surface area contributed by atoms with Gasteiger partial charge in [0, 0.05) is 12.2 Å². The summed E-state index contributed by atoms with van der Waals surface area (Å²) in [4.78, 5) is 2.06. The van der Waals surface area contributed by atoms with E-state index in [9.17, 15) is 0 Å². The molecule has 2 atom stereocenters. The molecule has 0 bridgehead atoms. The number of benzene rings is 1. The normalized spacial score (nSPS) is 23.8. The van der Waals surface area contributed by atoms with Crippen molar-refractivity contribution in [3.05, 3.63) is 30.3 Å². The Morgan fingerprint density at radius 3 is 2.89 bits per heavy atom. The molecule has 0 aromatic heterocycles. The molecule has 1 fully saturated rings. The van der Waals surface area contributed by atoms with Crippen LogP contribution in [0.1, 0.15) is 6.92 Å². The first-order valence-electron chi connectivity index (χ1n) is 6.06. The average molecular weight is 266 g/mol. The molecule has 1 saturated heterocycles. The first kappa shape index (κ1) is 13.3. The number of aliphatic hydroxyl groups excluding tert-OH is 1. The predicted octanol–water partition coefficient (Wildman–Crippen LogP) is 1.46. The van der Waals surface area contributed by atoms with E-state index in [2.05, 4.69) is 17.1 Å². The van der Waals surface area contributed by atoms with Gasteiger partial charge in [0.05, 0.1) is 25.4 Å². The Hall–Kier alpha value is -1.17. The van der Waals surface area contributed by atoms with Gasteiger partial charge in [0.25, 0.3) is 0 Å². The first-order valence-corrected chi connectivity index (χ1v) is 6.46. The van der Waals surface area contributed by atoms with E-state index in [1.54, 1.807) is 0 Å². The number of hydrogen-bond donors (Lipinski definition) is 2. The fourth-order valence-corrected chi connectivity index (χ4v) is 2.30. The monoisotopic (exact) mass is 266 g/mol. The molecule has 4 nitrogen and oxygen atoms in total. The molecule has 1 aliphatic rings. The zero-order valence-electron chi connectivity index (χ0n) is 10.4. The largest absolute Gasteiger partial charge is 0.394 e. The quantitative estimate of drug-likeness (QED) is 0.794. The highest BCUT2D eigenvalue weighted by molar-refractivity contribution is 7.80. The summed E-state index contributed by atoms with van der Waals surface area (Å²) in [5, 5.41) is 13.0. The van der Waals surface area contributed by atoms with E-state index >= 15 is 0 Å². The van der Waals surface area contributed by atoms with Crippen molar-refractivity contribution in [1.29, 1.82) is 0 Å². The number of morpholine rings is 1. The maximum atomic E-state index is 9.15. The van der Waals surface area contributed by atoms with Gasteiger partial charge >= 0.3 is 0 Å². The van der Waals surface area contributed by atoms with Crippen LogP contribution in [0.2, 0.25) is 0 Å². The van der Waals surface area contributed by atoms with Crippen molar-refractivity contribution in [3.8, 4) is 0 Å². The number of para-hydroxylation sites is 1. The van der Waals surface area contributed by atoms with Crippen LogP contribution in [0.5, 0.6) is 0 Å². The van der Waals surface area contributed by atoms with Crippen LogP contribution < -0.4 is 5.32 Å². The van der Waals surface area contributed by atoms with E-state index in [4.69, 9.17) is 22.1 Å². The van der Waals surface area contributed by atoms with Gasteiger partial charge < -0.3 is 20.1 Å². The SMILES string of the molecule is CC1COC(CO)CN1C(=S)Nc1ccccc1. The molecule has 0 amide bonds. The van der Waals surface area contributed by atoms with Gasteiger partial charge in [-0.2, -0.15) is 0 Å². The number of anilines is 1. The number of rotatable bonds is 2. The third-order valence-corrected chi connectivity index (χ3v) is 3.33. The summed E-state index contributed by atoms with van der Waals surface area (Å²) in [5.41, 5.74) is 0.974. The van der Waals surface area contributed by atoms with Gasteiger partial charge in [-0.05, 0) is 31.3 Å². The van der Waals surface area contributed by atoms with Gasteiger partial charge in [-0.15, -0.1) is 0 Å². The second-order valence-corrected chi connectivity index (χ2v) is 4.82. The molecule has 1 aromatic carbocycles. The Morgan fingerprint density at radius 2 is 2.22 bits per heavy atom. The number of thiocarbonyl (C=S) groups is 1. The Labute approximate surface area is 113 Å². The fourth-order valence-electron chi connectivity index (χ4n) is 1.93. The van der Waals surface area contributed by atoms with Gasteiger partial charge in [0.15, 0.2) is 5.11 Å². The Morgan fingerprint density at radius 1 is 1.50 bits per heavy atom. The summed E-state index contributed by atoms with van der Waals surface area (Å²) in [5.74, 6) is 0. The molecular formula is C13H18N2O2S. The number of hydrogen-bond acceptors (Lipinski definition) is 3. The minimum atomic E-state index is -0.156. The third-order valence-electron chi connectivity index (χ3n) is 3.00. The number of nitrogens with one attached hydrogen (secondary N) is 1. The molecule has 5 heteroatoms. The standard InChI is InChI=1S/C13H18N2O2S/c1-10-9-17-12(8-16)7-15(10)13(18)14-11-5-3-2-4-6-11/h2-6,10,12,16H,7-9H2,1H3,(H,14,18). The van der Waals surface area contributed by atoms with Gasteiger partial charge in [-0.25, -0.2) is 0 Å². The topological polar surface area (TPSA) is 44.7 Å². The fraction of sp³-hybridized carbons (Fsp3) is 0.462. The highest BCUT2D eigenvalue weighted by atomic mass is 32.1. The summed E-state index contributed by atoms with van der Waals surface area (Å²) in [6.45, 7) is 3.29. The smallest absolute Gasteiger partial charge is 0.173 e. The van der Waals surface area contributed by atoms with Crippen LogP contribution in [-0.2, 0) is 4.74 Å². The van der Waals surface area contributed by atoms with E-state index < -0.39 is 0 Å². The Kier molecular flexibility index (Phi) is 4.52. The van der Waals surface area contributed by atoms with Crippen molar-refractivity contribution < 1.29 is 9.84 Å². The van der Waals surface area contributed by atoms with E-state index in [0.717, 1.165) is 5.69 Å². The lowest BCUT2D eigenvalue weighted by Crippen LogP contribution is -2.53. The second kappa shape index (κ2) is 6.13. The third kappa shape index (κ3) is 3.19. The molecule has 0 radical (unpaired) electrons. The van der Waals surface area contributed by atoms with Gasteiger partial charge in [0.1, 0.15) is 0 Å². The van der Waals surface area contributed by atoms with Crippen molar-refractivity contribution in [2.75, 3.05) is 25.1 Å². The molecule has 2 unspecified atom stereocenters. The van der Waals surface area contributed by atoms with E-state index in [0.29, 0.717) is 18.3 Å². The van der Waals surface area contributed by atoms with E-state index in [1.807, 2.05) is 30.3 Å². The molecule has 1 heterocycles. The molecule has 0 aliphatic carbocycles. The van der Waals surface area contributed by atoms with Gasteiger partial charge in [0.2, 0.25) is 0 Å². The van der Waals surface area contributed by atoms with Crippen LogP contribution in [0.4, 0.5) is 5.69 Å². The molecule has 0 saturated carbocycles. The van der Waals surface area contributed by atoms with E-state index in [1.165, 1.54) is 0 Å².